The van der Waals surface area contributed by atoms with Crippen molar-refractivity contribution in [2.45, 2.75) is 365 Å². The molecule has 9 heteroatoms. The Morgan fingerprint density at radius 1 is 0.435 bits per heavy atom. The quantitative estimate of drug-likeness (QED) is 0.0330. The van der Waals surface area contributed by atoms with Gasteiger partial charge in [0.05, 0.1) is 25.4 Å². The van der Waals surface area contributed by atoms with Gasteiger partial charge in [0.2, 0.25) is 5.91 Å². The van der Waals surface area contributed by atoms with Crippen molar-refractivity contribution in [2.75, 3.05) is 13.2 Å². The van der Waals surface area contributed by atoms with Crippen LogP contribution in [0.25, 0.3) is 0 Å². The maximum atomic E-state index is 13.1. The highest BCUT2D eigenvalue weighted by Gasteiger charge is 2.44. The molecule has 7 atom stereocenters. The van der Waals surface area contributed by atoms with Crippen LogP contribution in [0.2, 0.25) is 0 Å². The molecule has 6 N–H and O–H groups in total. The number of amides is 1. The van der Waals surface area contributed by atoms with Crippen molar-refractivity contribution < 1.29 is 39.8 Å². The molecule has 1 amide bonds. The zero-order chi connectivity index (χ0) is 50.1. The van der Waals surface area contributed by atoms with Crippen molar-refractivity contribution in [3.63, 3.8) is 0 Å². The van der Waals surface area contributed by atoms with Crippen molar-refractivity contribution in [3.05, 3.63) is 0 Å². The lowest BCUT2D eigenvalue weighted by Gasteiger charge is -2.40. The first-order valence-corrected chi connectivity index (χ1v) is 30.7. The predicted molar refractivity (Wildman–Crippen MR) is 291 cm³/mol. The Kier molecular flexibility index (Phi) is 48.7. The number of carbonyl (C=O) groups is 1. The highest BCUT2D eigenvalue weighted by Crippen LogP contribution is 2.24. The van der Waals surface area contributed by atoms with Crippen molar-refractivity contribution in [1.29, 1.82) is 0 Å². The van der Waals surface area contributed by atoms with Gasteiger partial charge in [-0.05, 0) is 12.8 Å². The van der Waals surface area contributed by atoms with Gasteiger partial charge in [-0.15, -0.1) is 0 Å². The first-order valence-electron chi connectivity index (χ1n) is 30.7. The molecule has 2 unspecified atom stereocenters. The zero-order valence-corrected chi connectivity index (χ0v) is 45.9. The van der Waals surface area contributed by atoms with Crippen molar-refractivity contribution in [1.82, 2.24) is 5.32 Å². The number of ether oxygens (including phenoxy) is 2. The molecule has 0 aromatic carbocycles. The van der Waals surface area contributed by atoms with E-state index in [1.807, 2.05) is 0 Å². The van der Waals surface area contributed by atoms with E-state index in [-0.39, 0.29) is 12.5 Å². The van der Waals surface area contributed by atoms with Gasteiger partial charge in [-0.1, -0.05) is 303 Å². The van der Waals surface area contributed by atoms with Crippen LogP contribution < -0.4 is 5.32 Å². The van der Waals surface area contributed by atoms with Crippen molar-refractivity contribution in [2.24, 2.45) is 0 Å². The fourth-order valence-corrected chi connectivity index (χ4v) is 10.3. The van der Waals surface area contributed by atoms with Gasteiger partial charge in [0.25, 0.3) is 0 Å². The maximum Gasteiger partial charge on any atom is 0.220 e. The number of nitrogens with one attached hydrogen (secondary N) is 1. The van der Waals surface area contributed by atoms with Crippen LogP contribution in [0, 0.1) is 0 Å². The fraction of sp³-hybridized carbons (Fsp3) is 0.983. The van der Waals surface area contributed by atoms with Gasteiger partial charge < -0.3 is 40.3 Å². The summed E-state index contributed by atoms with van der Waals surface area (Å²) >= 11 is 0. The standard InChI is InChI=1S/C60H119NO8/c1-3-5-7-9-11-13-15-17-19-20-21-22-23-24-25-26-27-28-29-30-31-32-33-34-35-36-38-40-42-44-46-48-50-56(64)61-53(52-68-60-59(67)58(66)57(65)55(51-62)69-60)54(63)49-47-45-43-41-39-37-18-16-14-12-10-8-6-4-2/h53-55,57-60,62-63,65-67H,3-52H2,1-2H3,(H,61,64)/t53-,54+,55+,57-,58?,59?,60+/m0/s1. The van der Waals surface area contributed by atoms with E-state index in [2.05, 4.69) is 19.2 Å². The van der Waals surface area contributed by atoms with Gasteiger partial charge in [-0.2, -0.15) is 0 Å². The normalized spacial score (nSPS) is 19.3. The Bertz CT molecular complexity index is 1050. The molecule has 1 fully saturated rings. The number of rotatable bonds is 54. The van der Waals surface area contributed by atoms with Gasteiger partial charge in [0.15, 0.2) is 6.29 Å². The maximum absolute atomic E-state index is 13.1. The van der Waals surface area contributed by atoms with Crippen LogP contribution in [-0.2, 0) is 14.3 Å². The molecule has 1 saturated heterocycles. The average molecular weight is 983 g/mol. The number of carbonyl (C=O) groups excluding carboxylic acids is 1. The summed E-state index contributed by atoms with van der Waals surface area (Å²) in [7, 11) is 0. The largest absolute Gasteiger partial charge is 0.394 e. The van der Waals surface area contributed by atoms with E-state index in [0.29, 0.717) is 12.8 Å². The second-order valence-electron chi connectivity index (χ2n) is 21.9. The number of hydrogen-bond acceptors (Lipinski definition) is 8. The molecule has 0 bridgehead atoms. The molecule has 1 rings (SSSR count). The molecule has 1 aliphatic rings. The number of aliphatic hydroxyl groups is 5. The Labute approximate surface area is 427 Å². The minimum Gasteiger partial charge on any atom is -0.394 e. The molecular weight excluding hydrogens is 863 g/mol. The summed E-state index contributed by atoms with van der Waals surface area (Å²) in [6.07, 6.45) is 54.5. The van der Waals surface area contributed by atoms with E-state index in [4.69, 9.17) is 9.47 Å². The van der Waals surface area contributed by atoms with E-state index in [1.165, 1.54) is 257 Å². The van der Waals surface area contributed by atoms with E-state index in [1.54, 1.807) is 0 Å². The van der Waals surface area contributed by atoms with Gasteiger partial charge in [-0.3, -0.25) is 4.79 Å². The summed E-state index contributed by atoms with van der Waals surface area (Å²) in [5.74, 6) is -0.136. The molecular formula is C60H119NO8. The molecule has 0 aromatic rings. The highest BCUT2D eigenvalue weighted by molar-refractivity contribution is 5.76. The Hall–Kier alpha value is -0.810. The third kappa shape index (κ3) is 40.3. The highest BCUT2D eigenvalue weighted by atomic mass is 16.7. The second kappa shape index (κ2) is 50.7. The van der Waals surface area contributed by atoms with Crippen LogP contribution in [0.4, 0.5) is 0 Å². The molecule has 0 saturated carbocycles. The average Bonchev–Trinajstić information content (AvgIpc) is 3.35. The lowest BCUT2D eigenvalue weighted by Crippen LogP contribution is -2.60. The summed E-state index contributed by atoms with van der Waals surface area (Å²) in [5.41, 5.74) is 0. The van der Waals surface area contributed by atoms with E-state index in [9.17, 15) is 30.3 Å². The predicted octanol–water partition coefficient (Wildman–Crippen LogP) is 15.4. The lowest BCUT2D eigenvalue weighted by atomic mass is 9.99. The van der Waals surface area contributed by atoms with Gasteiger partial charge in [0, 0.05) is 6.42 Å². The second-order valence-corrected chi connectivity index (χ2v) is 21.9. The number of hydrogen-bond donors (Lipinski definition) is 6. The van der Waals surface area contributed by atoms with E-state index >= 15 is 0 Å². The smallest absolute Gasteiger partial charge is 0.220 e. The van der Waals surface area contributed by atoms with Crippen molar-refractivity contribution in [3.8, 4) is 0 Å². The first-order chi connectivity index (χ1) is 33.8. The zero-order valence-electron chi connectivity index (χ0n) is 45.9. The van der Waals surface area contributed by atoms with Crippen LogP contribution in [0.1, 0.15) is 322 Å². The minimum absolute atomic E-state index is 0.131. The van der Waals surface area contributed by atoms with Gasteiger partial charge in [-0.25, -0.2) is 0 Å². The first kappa shape index (κ1) is 66.2. The van der Waals surface area contributed by atoms with Crippen LogP contribution in [0.5, 0.6) is 0 Å². The van der Waals surface area contributed by atoms with Crippen molar-refractivity contribution >= 4 is 5.91 Å². The van der Waals surface area contributed by atoms with E-state index < -0.39 is 49.5 Å². The summed E-state index contributed by atoms with van der Waals surface area (Å²) in [6.45, 7) is 3.88. The molecule has 1 aliphatic heterocycles. The van der Waals surface area contributed by atoms with Gasteiger partial charge in [0.1, 0.15) is 24.4 Å². The Morgan fingerprint density at radius 3 is 1.03 bits per heavy atom. The molecule has 0 aromatic heterocycles. The third-order valence-corrected chi connectivity index (χ3v) is 15.2. The summed E-state index contributed by atoms with van der Waals surface area (Å²) < 4.78 is 11.3. The summed E-state index contributed by atoms with van der Waals surface area (Å²) in [5, 5.41) is 54.6. The Morgan fingerprint density at radius 2 is 0.725 bits per heavy atom. The molecule has 1 heterocycles. The summed E-state index contributed by atoms with van der Waals surface area (Å²) in [4.78, 5) is 13.1. The minimum atomic E-state index is -1.55. The fourth-order valence-electron chi connectivity index (χ4n) is 10.3. The third-order valence-electron chi connectivity index (χ3n) is 15.2. The molecule has 9 nitrogen and oxygen atoms in total. The molecule has 0 radical (unpaired) electrons. The number of aliphatic hydroxyl groups excluding tert-OH is 5. The summed E-state index contributed by atoms with van der Waals surface area (Å²) in [6, 6.07) is -0.713. The Balaban J connectivity index is 2.07. The SMILES string of the molecule is CCCCCCCCCCCCCCCCCCCCCCCCCCCCCCCCCCC(=O)N[C@@H](CO[C@@H]1O[C@H](CO)[C@H](O)C(O)C1O)[C@H](O)CCCCCCCCCCCCCCCC. The molecule has 69 heavy (non-hydrogen) atoms. The molecule has 0 spiro atoms. The van der Waals surface area contributed by atoms with Gasteiger partial charge >= 0.3 is 0 Å². The lowest BCUT2D eigenvalue weighted by molar-refractivity contribution is -0.302. The molecule has 412 valence electrons. The van der Waals surface area contributed by atoms with Crippen LogP contribution in [0.15, 0.2) is 0 Å². The monoisotopic (exact) mass is 982 g/mol. The molecule has 0 aliphatic carbocycles. The van der Waals surface area contributed by atoms with E-state index in [0.717, 1.165) is 38.5 Å². The van der Waals surface area contributed by atoms with Crippen LogP contribution >= 0.6 is 0 Å². The number of unbranched alkanes of at least 4 members (excludes halogenated alkanes) is 44. The van der Waals surface area contributed by atoms with Crippen LogP contribution in [0.3, 0.4) is 0 Å². The topological polar surface area (TPSA) is 149 Å². The van der Waals surface area contributed by atoms with Crippen LogP contribution in [-0.4, -0.2) is 87.5 Å².